The molecule has 5 heteroatoms. The van der Waals surface area contributed by atoms with Gasteiger partial charge in [0.2, 0.25) is 0 Å². The van der Waals surface area contributed by atoms with Crippen molar-refractivity contribution in [3.8, 4) is 0 Å². The zero-order valence-electron chi connectivity index (χ0n) is 12.5. The van der Waals surface area contributed by atoms with Gasteiger partial charge in [-0.1, -0.05) is 12.1 Å². The van der Waals surface area contributed by atoms with Crippen molar-refractivity contribution < 1.29 is 4.79 Å². The molecule has 0 aliphatic carbocycles. The lowest BCUT2D eigenvalue weighted by Crippen LogP contribution is -2.31. The fourth-order valence-electron chi connectivity index (χ4n) is 2.62. The van der Waals surface area contributed by atoms with Crippen molar-refractivity contribution in [3.05, 3.63) is 54.0 Å². The molecule has 0 spiro atoms. The number of anilines is 1. The van der Waals surface area contributed by atoms with E-state index in [9.17, 15) is 4.79 Å². The summed E-state index contributed by atoms with van der Waals surface area (Å²) in [5.74, 6) is 0.747. The van der Waals surface area contributed by atoms with E-state index >= 15 is 0 Å². The topological polar surface area (TPSA) is 58.1 Å². The molecule has 1 N–H and O–H groups in total. The Kier molecular flexibility index (Phi) is 4.63. The third kappa shape index (κ3) is 3.61. The fraction of sp³-hybridized carbons (Fsp3) is 0.353. The van der Waals surface area contributed by atoms with Gasteiger partial charge in [0, 0.05) is 32.0 Å². The molecule has 0 bridgehead atoms. The Morgan fingerprint density at radius 2 is 2.00 bits per heavy atom. The van der Waals surface area contributed by atoms with E-state index < -0.39 is 0 Å². The Balaban J connectivity index is 1.64. The second-order valence-corrected chi connectivity index (χ2v) is 5.47. The highest BCUT2D eigenvalue weighted by atomic mass is 16.1. The lowest BCUT2D eigenvalue weighted by molar-refractivity contribution is 0.0946. The molecule has 1 fully saturated rings. The molecule has 114 valence electrons. The highest BCUT2D eigenvalue weighted by Crippen LogP contribution is 2.17. The highest BCUT2D eigenvalue weighted by Gasteiger charge is 2.14. The first-order chi connectivity index (χ1) is 10.8. The number of nitrogens with zero attached hydrogens (tertiary/aromatic N) is 3. The van der Waals surface area contributed by atoms with Crippen molar-refractivity contribution in [3.63, 3.8) is 0 Å². The average Bonchev–Trinajstić information content (AvgIpc) is 2.61. The van der Waals surface area contributed by atoms with Gasteiger partial charge < -0.3 is 10.2 Å². The van der Waals surface area contributed by atoms with E-state index in [2.05, 4.69) is 20.2 Å². The molecule has 1 saturated heterocycles. The molecule has 22 heavy (non-hydrogen) atoms. The van der Waals surface area contributed by atoms with Crippen molar-refractivity contribution in [1.82, 2.24) is 15.3 Å². The smallest absolute Gasteiger partial charge is 0.270 e. The Labute approximate surface area is 130 Å². The molecule has 0 aromatic carbocycles. The van der Waals surface area contributed by atoms with Crippen LogP contribution in [0.1, 0.15) is 35.3 Å². The van der Waals surface area contributed by atoms with Crippen LogP contribution in [0.15, 0.2) is 42.7 Å². The van der Waals surface area contributed by atoms with Crippen LogP contribution in [0.5, 0.6) is 0 Å². The first kappa shape index (κ1) is 14.5. The number of carbonyl (C=O) groups excluding carboxylic acids is 1. The zero-order chi connectivity index (χ0) is 15.2. The van der Waals surface area contributed by atoms with Gasteiger partial charge in [-0.25, -0.2) is 4.98 Å². The van der Waals surface area contributed by atoms with E-state index in [1.165, 1.54) is 19.3 Å². The van der Waals surface area contributed by atoms with E-state index in [1.807, 2.05) is 24.3 Å². The van der Waals surface area contributed by atoms with Crippen LogP contribution in [0, 0.1) is 0 Å². The standard InChI is InChI=1S/C17H20N4O/c22-17(19-13-14-6-5-9-18-12-14)15-7-4-8-16(20-15)21-10-2-1-3-11-21/h4-9,12H,1-3,10-11,13H2,(H,19,22). The first-order valence-electron chi connectivity index (χ1n) is 7.72. The zero-order valence-corrected chi connectivity index (χ0v) is 12.5. The summed E-state index contributed by atoms with van der Waals surface area (Å²) in [5.41, 5.74) is 1.44. The van der Waals surface area contributed by atoms with Crippen LogP contribution >= 0.6 is 0 Å². The summed E-state index contributed by atoms with van der Waals surface area (Å²) in [6.07, 6.45) is 7.13. The van der Waals surface area contributed by atoms with E-state index in [0.717, 1.165) is 24.5 Å². The normalized spacial score (nSPS) is 14.6. The lowest BCUT2D eigenvalue weighted by atomic mass is 10.1. The summed E-state index contributed by atoms with van der Waals surface area (Å²) < 4.78 is 0. The van der Waals surface area contributed by atoms with E-state index in [1.54, 1.807) is 18.5 Å². The molecular formula is C17H20N4O. The van der Waals surface area contributed by atoms with Gasteiger partial charge in [-0.3, -0.25) is 9.78 Å². The maximum absolute atomic E-state index is 12.2. The van der Waals surface area contributed by atoms with Gasteiger partial charge in [0.1, 0.15) is 11.5 Å². The molecule has 1 aliphatic heterocycles. The molecule has 1 aliphatic rings. The number of rotatable bonds is 4. The minimum Gasteiger partial charge on any atom is -0.357 e. The van der Waals surface area contributed by atoms with Crippen LogP contribution in [-0.4, -0.2) is 29.0 Å². The van der Waals surface area contributed by atoms with Crippen LogP contribution in [0.3, 0.4) is 0 Å². The second kappa shape index (κ2) is 7.02. The van der Waals surface area contributed by atoms with Gasteiger partial charge in [-0.05, 0) is 43.0 Å². The second-order valence-electron chi connectivity index (χ2n) is 5.47. The number of hydrogen-bond donors (Lipinski definition) is 1. The number of piperidine rings is 1. The number of carbonyl (C=O) groups is 1. The number of nitrogens with one attached hydrogen (secondary N) is 1. The van der Waals surface area contributed by atoms with E-state index in [-0.39, 0.29) is 5.91 Å². The number of amides is 1. The van der Waals surface area contributed by atoms with Gasteiger partial charge in [-0.15, -0.1) is 0 Å². The molecule has 0 atom stereocenters. The van der Waals surface area contributed by atoms with Crippen LogP contribution in [0.25, 0.3) is 0 Å². The van der Waals surface area contributed by atoms with Crippen LogP contribution in [0.2, 0.25) is 0 Å². The van der Waals surface area contributed by atoms with Gasteiger partial charge in [0.25, 0.3) is 5.91 Å². The van der Waals surface area contributed by atoms with Crippen molar-refractivity contribution >= 4 is 11.7 Å². The van der Waals surface area contributed by atoms with E-state index in [0.29, 0.717) is 12.2 Å². The Bertz CT molecular complexity index is 624. The molecule has 1 amide bonds. The quantitative estimate of drug-likeness (QED) is 0.941. The average molecular weight is 296 g/mol. The maximum atomic E-state index is 12.2. The first-order valence-corrected chi connectivity index (χ1v) is 7.72. The SMILES string of the molecule is O=C(NCc1cccnc1)c1cccc(N2CCCCC2)n1. The monoisotopic (exact) mass is 296 g/mol. The summed E-state index contributed by atoms with van der Waals surface area (Å²) >= 11 is 0. The molecule has 0 saturated carbocycles. The predicted molar refractivity (Wildman–Crippen MR) is 85.7 cm³/mol. The van der Waals surface area contributed by atoms with Crippen molar-refractivity contribution in [2.24, 2.45) is 0 Å². The van der Waals surface area contributed by atoms with Crippen LogP contribution in [0.4, 0.5) is 5.82 Å². The van der Waals surface area contributed by atoms with Gasteiger partial charge in [-0.2, -0.15) is 0 Å². The predicted octanol–water partition coefficient (Wildman–Crippen LogP) is 2.40. The summed E-state index contributed by atoms with van der Waals surface area (Å²) in [5, 5.41) is 2.89. The van der Waals surface area contributed by atoms with Crippen LogP contribution in [-0.2, 0) is 6.54 Å². The Hall–Kier alpha value is -2.43. The number of aromatic nitrogens is 2. The Morgan fingerprint density at radius 3 is 2.77 bits per heavy atom. The summed E-state index contributed by atoms with van der Waals surface area (Å²) in [7, 11) is 0. The largest absolute Gasteiger partial charge is 0.357 e. The summed E-state index contributed by atoms with van der Waals surface area (Å²) in [4.78, 5) is 23.0. The van der Waals surface area contributed by atoms with E-state index in [4.69, 9.17) is 0 Å². The minimum absolute atomic E-state index is 0.150. The molecule has 5 nitrogen and oxygen atoms in total. The Morgan fingerprint density at radius 1 is 1.14 bits per heavy atom. The summed E-state index contributed by atoms with van der Waals surface area (Å²) in [6, 6.07) is 9.42. The molecule has 3 rings (SSSR count). The molecule has 2 aromatic heterocycles. The number of pyridine rings is 2. The van der Waals surface area contributed by atoms with Gasteiger partial charge >= 0.3 is 0 Å². The summed E-state index contributed by atoms with van der Waals surface area (Å²) in [6.45, 7) is 2.50. The lowest BCUT2D eigenvalue weighted by Gasteiger charge is -2.27. The van der Waals surface area contributed by atoms with Crippen molar-refractivity contribution in [1.29, 1.82) is 0 Å². The molecule has 2 aromatic rings. The maximum Gasteiger partial charge on any atom is 0.270 e. The van der Waals surface area contributed by atoms with Crippen LogP contribution < -0.4 is 10.2 Å². The third-order valence-corrected chi connectivity index (χ3v) is 3.82. The third-order valence-electron chi connectivity index (χ3n) is 3.82. The van der Waals surface area contributed by atoms with Gasteiger partial charge in [0.05, 0.1) is 0 Å². The van der Waals surface area contributed by atoms with Crippen molar-refractivity contribution in [2.45, 2.75) is 25.8 Å². The molecule has 3 heterocycles. The molecule has 0 radical (unpaired) electrons. The molecular weight excluding hydrogens is 276 g/mol. The fourth-order valence-corrected chi connectivity index (χ4v) is 2.62. The minimum atomic E-state index is -0.150. The van der Waals surface area contributed by atoms with Gasteiger partial charge in [0.15, 0.2) is 0 Å². The highest BCUT2D eigenvalue weighted by molar-refractivity contribution is 5.92. The molecule has 0 unspecified atom stereocenters. The number of hydrogen-bond acceptors (Lipinski definition) is 4. The van der Waals surface area contributed by atoms with Crippen molar-refractivity contribution in [2.75, 3.05) is 18.0 Å².